The van der Waals surface area contributed by atoms with Crippen LogP contribution in [0.2, 0.25) is 0 Å². The summed E-state index contributed by atoms with van der Waals surface area (Å²) in [6.45, 7) is 2.03. The lowest BCUT2D eigenvalue weighted by Crippen LogP contribution is -2.40. The number of amides is 2. The van der Waals surface area contributed by atoms with E-state index in [-0.39, 0.29) is 36.6 Å². The van der Waals surface area contributed by atoms with Gasteiger partial charge in [0.25, 0.3) is 0 Å². The molecule has 0 radical (unpaired) electrons. The maximum Gasteiger partial charge on any atom is 0.223 e. The zero-order valence-corrected chi connectivity index (χ0v) is 26.4. The average Bonchev–Trinajstić information content (AvgIpc) is 3.45. The Balaban J connectivity index is 1.24. The van der Waals surface area contributed by atoms with E-state index < -0.39 is 9.84 Å². The van der Waals surface area contributed by atoms with Crippen molar-refractivity contribution in [2.75, 3.05) is 44.9 Å². The van der Waals surface area contributed by atoms with Crippen LogP contribution < -0.4 is 9.47 Å². The number of aromatic nitrogens is 1. The van der Waals surface area contributed by atoms with Crippen LogP contribution in [0, 0.1) is 0 Å². The maximum absolute atomic E-state index is 13.9. The Morgan fingerprint density at radius 1 is 0.889 bits per heavy atom. The van der Waals surface area contributed by atoms with Gasteiger partial charge in [0, 0.05) is 49.3 Å². The normalized spacial score (nSPS) is 17.1. The molecule has 4 aromatic rings. The second-order valence-electron chi connectivity index (χ2n) is 11.8. The van der Waals surface area contributed by atoms with Crippen molar-refractivity contribution in [1.82, 2.24) is 14.8 Å². The van der Waals surface area contributed by atoms with Gasteiger partial charge in [-0.05, 0) is 71.8 Å². The zero-order chi connectivity index (χ0) is 31.4. The van der Waals surface area contributed by atoms with E-state index in [9.17, 15) is 18.0 Å². The summed E-state index contributed by atoms with van der Waals surface area (Å²) in [6.07, 6.45) is 5.43. The van der Waals surface area contributed by atoms with E-state index >= 15 is 0 Å². The number of ether oxygens (including phenoxy) is 2. The lowest BCUT2D eigenvalue weighted by atomic mass is 9.87. The molecule has 6 bridgehead atoms. The number of nitrogens with zero attached hydrogens (tertiary/aromatic N) is 2. The van der Waals surface area contributed by atoms with Gasteiger partial charge in [-0.25, -0.2) is 8.42 Å². The molecule has 0 spiro atoms. The van der Waals surface area contributed by atoms with Crippen LogP contribution in [0.3, 0.4) is 0 Å². The minimum absolute atomic E-state index is 0.0566. The maximum atomic E-state index is 13.9. The van der Waals surface area contributed by atoms with Crippen LogP contribution in [0.5, 0.6) is 11.5 Å². The van der Waals surface area contributed by atoms with Crippen LogP contribution in [-0.2, 0) is 32.3 Å². The largest absolute Gasteiger partial charge is 0.494 e. The van der Waals surface area contributed by atoms with Crippen LogP contribution in [0.1, 0.15) is 47.6 Å². The Labute approximate surface area is 264 Å². The molecular formula is C35H39N3O6S. The number of fused-ring (bicyclic) bond motifs is 9. The smallest absolute Gasteiger partial charge is 0.223 e. The van der Waals surface area contributed by atoms with Gasteiger partial charge in [0.2, 0.25) is 11.8 Å². The molecule has 7 rings (SSSR count). The molecule has 1 aromatic heterocycles. The summed E-state index contributed by atoms with van der Waals surface area (Å²) in [7, 11) is -3.24. The second-order valence-corrected chi connectivity index (χ2v) is 14.1. The highest BCUT2D eigenvalue weighted by Crippen LogP contribution is 2.38. The molecule has 2 amide bonds. The number of nitrogens with one attached hydrogen (secondary N) is 1. The summed E-state index contributed by atoms with van der Waals surface area (Å²) in [4.78, 5) is 33.7. The van der Waals surface area contributed by atoms with Crippen molar-refractivity contribution >= 4 is 32.6 Å². The van der Waals surface area contributed by atoms with Crippen LogP contribution in [-0.4, -0.2) is 79.9 Å². The molecule has 3 aliphatic heterocycles. The summed E-state index contributed by atoms with van der Waals surface area (Å²) in [6, 6.07) is 21.8. The van der Waals surface area contributed by atoms with E-state index in [4.69, 9.17) is 9.47 Å². The Morgan fingerprint density at radius 3 is 2.58 bits per heavy atom. The first-order chi connectivity index (χ1) is 21.7. The van der Waals surface area contributed by atoms with Gasteiger partial charge in [0.1, 0.15) is 27.9 Å². The highest BCUT2D eigenvalue weighted by molar-refractivity contribution is 7.90. The highest BCUT2D eigenvalue weighted by atomic mass is 32.2. The molecule has 1 N–H and O–H groups in total. The molecule has 0 saturated carbocycles. The number of carbonyl (C=O) groups is 2. The number of rotatable bonds is 6. The van der Waals surface area contributed by atoms with Crippen molar-refractivity contribution in [2.24, 2.45) is 0 Å². The number of benzene rings is 3. The van der Waals surface area contributed by atoms with E-state index in [1.165, 1.54) is 0 Å². The summed E-state index contributed by atoms with van der Waals surface area (Å²) in [5.41, 5.74) is 5.38. The minimum atomic E-state index is -3.24. The quantitative estimate of drug-likeness (QED) is 0.331. The van der Waals surface area contributed by atoms with Gasteiger partial charge in [0.05, 0.1) is 24.9 Å². The van der Waals surface area contributed by atoms with E-state index in [0.717, 1.165) is 39.4 Å². The van der Waals surface area contributed by atoms with Crippen LogP contribution in [0.4, 0.5) is 0 Å². The third-order valence-corrected chi connectivity index (χ3v) is 9.58. The van der Waals surface area contributed by atoms with Crippen LogP contribution in [0.25, 0.3) is 10.9 Å². The van der Waals surface area contributed by atoms with E-state index in [0.29, 0.717) is 63.4 Å². The number of para-hydroxylation sites is 1. The van der Waals surface area contributed by atoms with Gasteiger partial charge in [-0.2, -0.15) is 0 Å². The average molecular weight is 630 g/mol. The molecule has 1 unspecified atom stereocenters. The molecule has 10 heteroatoms. The van der Waals surface area contributed by atoms with Crippen LogP contribution in [0.15, 0.2) is 72.9 Å². The van der Waals surface area contributed by atoms with Gasteiger partial charge in [0.15, 0.2) is 0 Å². The van der Waals surface area contributed by atoms with E-state index in [1.807, 2.05) is 71.8 Å². The third kappa shape index (κ3) is 7.33. The molecule has 45 heavy (non-hydrogen) atoms. The lowest BCUT2D eigenvalue weighted by molar-refractivity contribution is -0.133. The topological polar surface area (TPSA) is 109 Å². The number of sulfone groups is 1. The number of aryl methyl sites for hydroxylation is 1. The Hall–Kier alpha value is -4.31. The molecule has 3 aliphatic rings. The van der Waals surface area contributed by atoms with Gasteiger partial charge >= 0.3 is 0 Å². The highest BCUT2D eigenvalue weighted by Gasteiger charge is 2.32. The van der Waals surface area contributed by atoms with Gasteiger partial charge in [-0.1, -0.05) is 36.4 Å². The Kier molecular flexibility index (Phi) is 9.11. The van der Waals surface area contributed by atoms with Crippen molar-refractivity contribution in [2.45, 2.75) is 38.1 Å². The van der Waals surface area contributed by atoms with Crippen molar-refractivity contribution in [3.05, 3.63) is 95.2 Å². The predicted octanol–water partition coefficient (Wildman–Crippen LogP) is 4.70. The molecule has 4 heterocycles. The number of H-pyrrole nitrogens is 1. The van der Waals surface area contributed by atoms with Gasteiger partial charge in [-0.3, -0.25) is 9.59 Å². The first-order valence-corrected chi connectivity index (χ1v) is 17.6. The molecule has 3 aromatic carbocycles. The fraction of sp³-hybridized carbons (Fsp3) is 0.371. The first kappa shape index (κ1) is 30.7. The summed E-state index contributed by atoms with van der Waals surface area (Å²) >= 11 is 0. The van der Waals surface area contributed by atoms with Gasteiger partial charge < -0.3 is 24.3 Å². The van der Waals surface area contributed by atoms with Crippen molar-refractivity contribution in [3.8, 4) is 11.5 Å². The first-order valence-electron chi connectivity index (χ1n) is 15.5. The van der Waals surface area contributed by atoms with Crippen molar-refractivity contribution < 1.29 is 27.5 Å². The molecule has 236 valence electrons. The fourth-order valence-electron chi connectivity index (χ4n) is 6.33. The number of aromatic amines is 1. The number of hydrogen-bond donors (Lipinski definition) is 1. The SMILES string of the molecule is CS(=O)(=O)CCC(=O)N1CCCOc2cccc(c2)C2c3ccc(cc3CCN2C(=O)CCc2c[nH]c3ccccc23)OCC1. The lowest BCUT2D eigenvalue weighted by Gasteiger charge is -2.38. The molecule has 0 saturated heterocycles. The van der Waals surface area contributed by atoms with E-state index in [2.05, 4.69) is 11.1 Å². The monoisotopic (exact) mass is 629 g/mol. The number of hydrogen-bond acceptors (Lipinski definition) is 6. The Morgan fingerprint density at radius 2 is 1.71 bits per heavy atom. The Bertz CT molecular complexity index is 1800. The number of carbonyl (C=O) groups excluding carboxylic acids is 2. The zero-order valence-electron chi connectivity index (χ0n) is 25.5. The van der Waals surface area contributed by atoms with Crippen molar-refractivity contribution in [1.29, 1.82) is 0 Å². The fourth-order valence-corrected chi connectivity index (χ4v) is 6.88. The molecule has 1 atom stereocenters. The van der Waals surface area contributed by atoms with E-state index in [1.54, 1.807) is 4.90 Å². The molecule has 9 nitrogen and oxygen atoms in total. The molecule has 0 fully saturated rings. The third-order valence-electron chi connectivity index (χ3n) is 8.63. The summed E-state index contributed by atoms with van der Waals surface area (Å²) in [5, 5.41) is 1.15. The van der Waals surface area contributed by atoms with Crippen LogP contribution >= 0.6 is 0 Å². The summed E-state index contributed by atoms with van der Waals surface area (Å²) in [5.74, 6) is 1.13. The minimum Gasteiger partial charge on any atom is -0.494 e. The predicted molar refractivity (Wildman–Crippen MR) is 173 cm³/mol. The molecule has 0 aliphatic carbocycles. The molecular weight excluding hydrogens is 590 g/mol. The second kappa shape index (κ2) is 13.4. The van der Waals surface area contributed by atoms with Crippen molar-refractivity contribution in [3.63, 3.8) is 0 Å². The summed E-state index contributed by atoms with van der Waals surface area (Å²) < 4.78 is 35.5. The van der Waals surface area contributed by atoms with Gasteiger partial charge in [-0.15, -0.1) is 0 Å². The standard InChI is InChI=1S/C35H39N3O6S/c1-45(41,42)21-15-33(39)37-16-5-19-43-28-7-4-6-26(23-28)35-31-12-11-29(44-20-18-37)22-25(31)14-17-38(35)34(40)13-10-27-24-36-32-9-3-2-8-30(27)32/h2-4,6-9,11-12,22-24,35-36H,5,10,13-21H2,1H3.